The molecule has 0 amide bonds. The van der Waals surface area contributed by atoms with Gasteiger partial charge in [-0.1, -0.05) is 42.5 Å². The van der Waals surface area contributed by atoms with Gasteiger partial charge in [-0.2, -0.15) is 5.26 Å². The number of nitrogens with zero attached hydrogens (tertiary/aromatic N) is 1. The number of benzene rings is 2. The van der Waals surface area contributed by atoms with Crippen molar-refractivity contribution in [3.8, 4) is 11.8 Å². The number of ether oxygens (including phenoxy) is 1. The first-order valence-electron chi connectivity index (χ1n) is 6.42. The molecule has 2 aromatic rings. The highest BCUT2D eigenvalue weighted by Crippen LogP contribution is 2.19. The van der Waals surface area contributed by atoms with E-state index < -0.39 is 0 Å². The van der Waals surface area contributed by atoms with E-state index in [1.807, 2.05) is 30.3 Å². The molecule has 2 rings (SSSR count). The highest BCUT2D eigenvalue weighted by atomic mass is 19.1. The molecule has 2 aromatic carbocycles. The van der Waals surface area contributed by atoms with E-state index in [1.165, 1.54) is 12.1 Å². The van der Waals surface area contributed by atoms with Crippen LogP contribution in [0.3, 0.4) is 0 Å². The van der Waals surface area contributed by atoms with E-state index >= 15 is 0 Å². The minimum Gasteiger partial charge on any atom is -0.496 e. The number of halogens is 1. The molecule has 0 atom stereocenters. The normalized spacial score (nSPS) is 11.4. The van der Waals surface area contributed by atoms with E-state index in [0.29, 0.717) is 11.1 Å². The number of allylic oxidation sites excluding steroid dienone is 3. The molecule has 0 aromatic heterocycles. The van der Waals surface area contributed by atoms with Crippen molar-refractivity contribution in [2.75, 3.05) is 7.11 Å². The van der Waals surface area contributed by atoms with E-state index in [2.05, 4.69) is 6.07 Å². The molecule has 3 heteroatoms. The topological polar surface area (TPSA) is 33.0 Å². The van der Waals surface area contributed by atoms with E-state index in [1.54, 1.807) is 31.4 Å². The maximum atomic E-state index is 12.9. The monoisotopic (exact) mass is 279 g/mol. The lowest BCUT2D eigenvalue weighted by atomic mass is 10.1. The van der Waals surface area contributed by atoms with Crippen LogP contribution in [0.1, 0.15) is 11.1 Å². The fourth-order valence-corrected chi connectivity index (χ4v) is 1.88. The Hall–Kier alpha value is -2.86. The van der Waals surface area contributed by atoms with Crippen LogP contribution >= 0.6 is 0 Å². The molecule has 0 heterocycles. The Morgan fingerprint density at radius 3 is 2.52 bits per heavy atom. The Labute approximate surface area is 123 Å². The number of nitriles is 1. The molecule has 0 aliphatic carbocycles. The van der Waals surface area contributed by atoms with Gasteiger partial charge in [0.15, 0.2) is 0 Å². The van der Waals surface area contributed by atoms with Crippen LogP contribution in [0.2, 0.25) is 0 Å². The Balaban J connectivity index is 2.24. The van der Waals surface area contributed by atoms with Gasteiger partial charge < -0.3 is 4.74 Å². The molecule has 0 aliphatic rings. The molecular formula is C18H14FNO. The van der Waals surface area contributed by atoms with Gasteiger partial charge in [0.25, 0.3) is 0 Å². The second-order valence-electron chi connectivity index (χ2n) is 4.30. The smallest absolute Gasteiger partial charge is 0.126 e. The Morgan fingerprint density at radius 1 is 1.14 bits per heavy atom. The molecule has 0 spiro atoms. The van der Waals surface area contributed by atoms with Crippen LogP contribution in [0.5, 0.6) is 5.75 Å². The quantitative estimate of drug-likeness (QED) is 0.611. The maximum absolute atomic E-state index is 12.9. The van der Waals surface area contributed by atoms with E-state index in [4.69, 9.17) is 4.74 Å². The summed E-state index contributed by atoms with van der Waals surface area (Å²) >= 11 is 0. The van der Waals surface area contributed by atoms with Crippen molar-refractivity contribution in [1.29, 1.82) is 5.26 Å². The van der Waals surface area contributed by atoms with Crippen LogP contribution in [0.25, 0.3) is 11.6 Å². The molecule has 0 bridgehead atoms. The summed E-state index contributed by atoms with van der Waals surface area (Å²) < 4.78 is 18.1. The molecule has 0 unspecified atom stereocenters. The van der Waals surface area contributed by atoms with Crippen molar-refractivity contribution in [2.24, 2.45) is 0 Å². The predicted molar refractivity (Wildman–Crippen MR) is 82.0 cm³/mol. The summed E-state index contributed by atoms with van der Waals surface area (Å²) in [6.45, 7) is 0. The minimum atomic E-state index is -0.319. The van der Waals surface area contributed by atoms with Gasteiger partial charge in [0.2, 0.25) is 0 Å². The summed E-state index contributed by atoms with van der Waals surface area (Å²) in [5, 5.41) is 9.18. The number of para-hydroxylation sites is 1. The van der Waals surface area contributed by atoms with Crippen LogP contribution < -0.4 is 4.74 Å². The molecule has 21 heavy (non-hydrogen) atoms. The first-order chi connectivity index (χ1) is 10.2. The lowest BCUT2D eigenvalue weighted by molar-refractivity contribution is 0.414. The third kappa shape index (κ3) is 3.80. The Bertz CT molecular complexity index is 709. The van der Waals surface area contributed by atoms with Gasteiger partial charge in [-0.25, -0.2) is 4.39 Å². The number of hydrogen-bond donors (Lipinski definition) is 0. The average molecular weight is 279 g/mol. The fraction of sp³-hybridized carbons (Fsp3) is 0.0556. The lowest BCUT2D eigenvalue weighted by Gasteiger charge is -2.02. The molecule has 0 radical (unpaired) electrons. The molecular weight excluding hydrogens is 265 g/mol. The molecule has 0 fully saturated rings. The summed E-state index contributed by atoms with van der Waals surface area (Å²) in [5.41, 5.74) is 2.08. The summed E-state index contributed by atoms with van der Waals surface area (Å²) in [5.74, 6) is 0.447. The number of rotatable bonds is 4. The van der Waals surface area contributed by atoms with E-state index in [0.717, 1.165) is 11.3 Å². The first-order valence-corrected chi connectivity index (χ1v) is 6.42. The Kier molecular flexibility index (Phi) is 4.89. The van der Waals surface area contributed by atoms with E-state index in [9.17, 15) is 9.65 Å². The summed E-state index contributed by atoms with van der Waals surface area (Å²) in [7, 11) is 1.61. The largest absolute Gasteiger partial charge is 0.496 e. The van der Waals surface area contributed by atoms with Crippen LogP contribution in [0.15, 0.2) is 60.7 Å². The fourth-order valence-electron chi connectivity index (χ4n) is 1.88. The Morgan fingerprint density at radius 2 is 1.86 bits per heavy atom. The highest BCUT2D eigenvalue weighted by Gasteiger charge is 2.00. The molecule has 0 N–H and O–H groups in total. The molecule has 104 valence electrons. The van der Waals surface area contributed by atoms with Crippen molar-refractivity contribution in [1.82, 2.24) is 0 Å². The molecule has 0 saturated carbocycles. The van der Waals surface area contributed by atoms with Crippen molar-refractivity contribution >= 4 is 11.6 Å². The van der Waals surface area contributed by atoms with Crippen LogP contribution in [0, 0.1) is 17.1 Å². The average Bonchev–Trinajstić information content (AvgIpc) is 2.53. The van der Waals surface area contributed by atoms with Gasteiger partial charge in [0, 0.05) is 5.56 Å². The van der Waals surface area contributed by atoms with Crippen molar-refractivity contribution < 1.29 is 9.13 Å². The maximum Gasteiger partial charge on any atom is 0.126 e. The SMILES string of the molecule is COc1ccccc1C=CC=C(C#N)c1ccc(F)cc1. The zero-order chi connectivity index (χ0) is 15.1. The number of methoxy groups -OCH3 is 1. The third-order valence-electron chi connectivity index (χ3n) is 2.95. The van der Waals surface area contributed by atoms with Gasteiger partial charge in [-0.05, 0) is 29.8 Å². The second-order valence-corrected chi connectivity index (χ2v) is 4.30. The summed E-state index contributed by atoms with van der Waals surface area (Å²) in [4.78, 5) is 0. The van der Waals surface area contributed by atoms with Crippen LogP contribution in [-0.2, 0) is 0 Å². The van der Waals surface area contributed by atoms with Gasteiger partial charge >= 0.3 is 0 Å². The van der Waals surface area contributed by atoms with Gasteiger partial charge in [0.05, 0.1) is 18.8 Å². The molecule has 2 nitrogen and oxygen atoms in total. The second kappa shape index (κ2) is 7.06. The summed E-state index contributed by atoms with van der Waals surface area (Å²) in [6.07, 6.45) is 5.33. The predicted octanol–water partition coefficient (Wildman–Crippen LogP) is 4.45. The zero-order valence-electron chi connectivity index (χ0n) is 11.6. The van der Waals surface area contributed by atoms with Gasteiger partial charge in [-0.15, -0.1) is 0 Å². The van der Waals surface area contributed by atoms with Crippen LogP contribution in [0.4, 0.5) is 4.39 Å². The van der Waals surface area contributed by atoms with E-state index in [-0.39, 0.29) is 5.82 Å². The lowest BCUT2D eigenvalue weighted by Crippen LogP contribution is -1.85. The van der Waals surface area contributed by atoms with Crippen LogP contribution in [-0.4, -0.2) is 7.11 Å². The molecule has 0 aliphatic heterocycles. The standard InChI is InChI=1S/C18H14FNO/c1-21-18-8-3-2-5-15(18)6-4-7-16(13-20)14-9-11-17(19)12-10-14/h2-12H,1H3. The summed E-state index contributed by atoms with van der Waals surface area (Å²) in [6, 6.07) is 15.6. The zero-order valence-corrected chi connectivity index (χ0v) is 11.6. The number of hydrogen-bond acceptors (Lipinski definition) is 2. The molecule has 0 saturated heterocycles. The first kappa shape index (κ1) is 14.5. The van der Waals surface area contributed by atoms with Gasteiger partial charge in [-0.3, -0.25) is 0 Å². The van der Waals surface area contributed by atoms with Crippen molar-refractivity contribution in [3.63, 3.8) is 0 Å². The van der Waals surface area contributed by atoms with Crippen molar-refractivity contribution in [2.45, 2.75) is 0 Å². The van der Waals surface area contributed by atoms with Crippen molar-refractivity contribution in [3.05, 3.63) is 77.6 Å². The van der Waals surface area contributed by atoms with Gasteiger partial charge in [0.1, 0.15) is 11.6 Å². The third-order valence-corrected chi connectivity index (χ3v) is 2.95. The minimum absolute atomic E-state index is 0.319. The highest BCUT2D eigenvalue weighted by molar-refractivity contribution is 5.78.